The van der Waals surface area contributed by atoms with Crippen LogP contribution in [0.15, 0.2) is 48.5 Å². The van der Waals surface area contributed by atoms with Crippen molar-refractivity contribution in [2.24, 2.45) is 0 Å². The number of carbonyl (C=O) groups is 1. The molecule has 0 spiro atoms. The van der Waals surface area contributed by atoms with E-state index < -0.39 is 24.4 Å². The summed E-state index contributed by atoms with van der Waals surface area (Å²) in [6.07, 6.45) is 0. The minimum Gasteiger partial charge on any atom is -0.399 e. The summed E-state index contributed by atoms with van der Waals surface area (Å²) in [5, 5.41) is 11.0. The van der Waals surface area contributed by atoms with Crippen molar-refractivity contribution in [2.45, 2.75) is 58.2 Å². The second-order valence-electron chi connectivity index (χ2n) is 11.1. The van der Waals surface area contributed by atoms with Gasteiger partial charge < -0.3 is 19.4 Å². The number of halogens is 1. The average Bonchev–Trinajstić information content (AvgIpc) is 3.31. The van der Waals surface area contributed by atoms with E-state index in [9.17, 15) is 4.79 Å². The summed E-state index contributed by atoms with van der Waals surface area (Å²) in [6, 6.07) is 14.8. The molecule has 5 rings (SSSR count). The Labute approximate surface area is 222 Å². The molecule has 10 heteroatoms. The van der Waals surface area contributed by atoms with E-state index in [1.54, 1.807) is 16.8 Å². The molecule has 0 radical (unpaired) electrons. The third kappa shape index (κ3) is 4.89. The summed E-state index contributed by atoms with van der Waals surface area (Å²) in [5.41, 5.74) is 3.01. The molecule has 3 heterocycles. The Balaban J connectivity index is 1.34. The van der Waals surface area contributed by atoms with Gasteiger partial charge in [0.05, 0.1) is 51.9 Å². The fourth-order valence-electron chi connectivity index (χ4n) is 4.23. The highest BCUT2D eigenvalue weighted by molar-refractivity contribution is 6.62. The fourth-order valence-corrected chi connectivity index (χ4v) is 4.47. The molecule has 2 aliphatic heterocycles. The molecule has 2 amide bonds. The van der Waals surface area contributed by atoms with Gasteiger partial charge in [-0.05, 0) is 71.3 Å². The predicted octanol–water partition coefficient (Wildman–Crippen LogP) is 5.07. The first-order valence-electron chi connectivity index (χ1n) is 12.4. The molecule has 2 saturated heterocycles. The molecule has 194 valence electrons. The van der Waals surface area contributed by atoms with Crippen LogP contribution in [0.3, 0.4) is 0 Å². The zero-order chi connectivity index (χ0) is 26.6. The number of nitrogens with zero attached hydrogens (tertiary/aromatic N) is 2. The maximum Gasteiger partial charge on any atom is 0.494 e. The van der Waals surface area contributed by atoms with Crippen LogP contribution in [-0.2, 0) is 19.5 Å². The second kappa shape index (κ2) is 9.17. The normalized spacial score (nSPS) is 19.4. The predicted molar refractivity (Wildman–Crippen MR) is 146 cm³/mol. The molecule has 2 N–H and O–H groups in total. The molecule has 3 aromatic rings. The molecular weight excluding hydrogens is 491 g/mol. The summed E-state index contributed by atoms with van der Waals surface area (Å²) in [7, 11) is -0.537. The monoisotopic (exact) mass is 522 g/mol. The van der Waals surface area contributed by atoms with Gasteiger partial charge in [0.2, 0.25) is 0 Å². The zero-order valence-corrected chi connectivity index (χ0v) is 22.8. The van der Waals surface area contributed by atoms with Gasteiger partial charge in [-0.3, -0.25) is 5.32 Å². The highest BCUT2D eigenvalue weighted by Crippen LogP contribution is 2.37. The van der Waals surface area contributed by atoms with E-state index in [2.05, 4.69) is 17.6 Å². The largest absolute Gasteiger partial charge is 0.494 e. The summed E-state index contributed by atoms with van der Waals surface area (Å²) in [4.78, 5) is 13.0. The lowest BCUT2D eigenvalue weighted by Gasteiger charge is -2.36. The number of carbonyl (C=O) groups excluding carboxylic acids is 1. The number of anilines is 2. The molecule has 8 nitrogen and oxygen atoms in total. The van der Waals surface area contributed by atoms with E-state index in [-0.39, 0.29) is 5.41 Å². The molecule has 2 aliphatic rings. The number of aryl methyl sites for hydroxylation is 1. The summed E-state index contributed by atoms with van der Waals surface area (Å²) >= 11 is 6.54. The molecule has 2 aromatic carbocycles. The number of benzene rings is 2. The Morgan fingerprint density at radius 3 is 2.19 bits per heavy atom. The first kappa shape index (κ1) is 25.8. The second-order valence-corrected chi connectivity index (χ2v) is 11.5. The topological polar surface area (TPSA) is 86.6 Å². The van der Waals surface area contributed by atoms with Gasteiger partial charge in [-0.15, -0.1) is 0 Å². The molecule has 0 unspecified atom stereocenters. The van der Waals surface area contributed by atoms with E-state index in [4.69, 9.17) is 30.7 Å². The van der Waals surface area contributed by atoms with Crippen LogP contribution < -0.4 is 16.1 Å². The Kier molecular flexibility index (Phi) is 6.39. The standard InChI is InChI=1S/C27H32BClN4O4/c1-17-7-10-19(11-8-17)33-23(14-22(32-33)27(6)15-35-16-27)31-24(34)30-21-12-9-18(13-20(21)29)28-36-25(2,3)26(4,5)37-28/h7-14H,15-16H2,1-6H3,(H2,30,31,34). The highest BCUT2D eigenvalue weighted by atomic mass is 35.5. The molecule has 2 fully saturated rings. The molecule has 0 atom stereocenters. The van der Waals surface area contributed by atoms with Crippen molar-refractivity contribution < 1.29 is 18.8 Å². The van der Waals surface area contributed by atoms with E-state index >= 15 is 0 Å². The SMILES string of the molecule is Cc1ccc(-n2nc(C3(C)COC3)cc2NC(=O)Nc2ccc(B3OC(C)(C)C(C)(C)O3)cc2Cl)cc1. The van der Waals surface area contributed by atoms with Gasteiger partial charge in [0, 0.05) is 6.07 Å². The smallest absolute Gasteiger partial charge is 0.399 e. The van der Waals surface area contributed by atoms with Crippen molar-refractivity contribution in [3.05, 3.63) is 64.8 Å². The van der Waals surface area contributed by atoms with Gasteiger partial charge in [0.1, 0.15) is 5.82 Å². The van der Waals surface area contributed by atoms with Gasteiger partial charge >= 0.3 is 13.1 Å². The zero-order valence-electron chi connectivity index (χ0n) is 22.0. The molecule has 0 bridgehead atoms. The lowest BCUT2D eigenvalue weighted by Crippen LogP contribution is -2.44. The Bertz CT molecular complexity index is 1320. The minimum absolute atomic E-state index is 0.185. The molecule has 37 heavy (non-hydrogen) atoms. The first-order valence-corrected chi connectivity index (χ1v) is 12.7. The number of rotatable bonds is 5. The van der Waals surface area contributed by atoms with Gasteiger partial charge in [0.15, 0.2) is 0 Å². The van der Waals surface area contributed by atoms with Crippen molar-refractivity contribution >= 4 is 41.7 Å². The number of urea groups is 1. The van der Waals surface area contributed by atoms with Crippen molar-refractivity contribution in [1.82, 2.24) is 9.78 Å². The van der Waals surface area contributed by atoms with Crippen molar-refractivity contribution in [1.29, 1.82) is 0 Å². The summed E-state index contributed by atoms with van der Waals surface area (Å²) in [6.45, 7) is 13.3. The van der Waals surface area contributed by atoms with Gasteiger partial charge in [-0.1, -0.05) is 35.4 Å². The van der Waals surface area contributed by atoms with Crippen LogP contribution in [-0.4, -0.2) is 47.3 Å². The van der Waals surface area contributed by atoms with Crippen LogP contribution in [0.2, 0.25) is 5.02 Å². The molecule has 1 aromatic heterocycles. The third-order valence-corrected chi connectivity index (χ3v) is 7.77. The first-order chi connectivity index (χ1) is 17.4. The van der Waals surface area contributed by atoms with Crippen LogP contribution in [0.4, 0.5) is 16.3 Å². The van der Waals surface area contributed by atoms with Crippen LogP contribution in [0.5, 0.6) is 0 Å². The summed E-state index contributed by atoms with van der Waals surface area (Å²) < 4.78 is 19.4. The molecule has 0 aliphatic carbocycles. The van der Waals surface area contributed by atoms with Crippen LogP contribution in [0, 0.1) is 6.92 Å². The molecule has 0 saturated carbocycles. The van der Waals surface area contributed by atoms with E-state index in [1.807, 2.05) is 71.0 Å². The Hall–Kier alpha value is -2.85. The Morgan fingerprint density at radius 1 is 0.973 bits per heavy atom. The number of nitrogens with one attached hydrogen (secondary N) is 2. The van der Waals surface area contributed by atoms with Gasteiger partial charge in [0.25, 0.3) is 0 Å². The number of aromatic nitrogens is 2. The molecular formula is C27H32BClN4O4. The maximum absolute atomic E-state index is 13.0. The van der Waals surface area contributed by atoms with Crippen molar-refractivity contribution in [3.63, 3.8) is 0 Å². The minimum atomic E-state index is -0.537. The number of hydrogen-bond acceptors (Lipinski definition) is 5. The lowest BCUT2D eigenvalue weighted by atomic mass is 9.79. The number of hydrogen-bond donors (Lipinski definition) is 2. The van der Waals surface area contributed by atoms with Crippen molar-refractivity contribution in [2.75, 3.05) is 23.8 Å². The van der Waals surface area contributed by atoms with Gasteiger partial charge in [-0.2, -0.15) is 5.10 Å². The lowest BCUT2D eigenvalue weighted by molar-refractivity contribution is -0.0522. The van der Waals surface area contributed by atoms with E-state index in [0.29, 0.717) is 29.7 Å². The quantitative estimate of drug-likeness (QED) is 0.457. The van der Waals surface area contributed by atoms with Crippen molar-refractivity contribution in [3.8, 4) is 5.69 Å². The van der Waals surface area contributed by atoms with Crippen LogP contribution >= 0.6 is 11.6 Å². The average molecular weight is 523 g/mol. The van der Waals surface area contributed by atoms with E-state index in [1.165, 1.54) is 0 Å². The van der Waals surface area contributed by atoms with Crippen LogP contribution in [0.25, 0.3) is 5.69 Å². The Morgan fingerprint density at radius 2 is 1.62 bits per heavy atom. The third-order valence-electron chi connectivity index (χ3n) is 7.46. The van der Waals surface area contributed by atoms with E-state index in [0.717, 1.165) is 22.4 Å². The summed E-state index contributed by atoms with van der Waals surface area (Å²) in [5.74, 6) is 0.550. The maximum atomic E-state index is 13.0. The number of amides is 2. The number of ether oxygens (including phenoxy) is 1. The highest BCUT2D eigenvalue weighted by Gasteiger charge is 2.51. The fraction of sp³-hybridized carbons (Fsp3) is 0.407. The van der Waals surface area contributed by atoms with Gasteiger partial charge in [-0.25, -0.2) is 9.48 Å². The van der Waals surface area contributed by atoms with Crippen LogP contribution in [0.1, 0.15) is 45.9 Å².